The first-order valence-corrected chi connectivity index (χ1v) is 7.37. The molecule has 0 aliphatic carbocycles. The summed E-state index contributed by atoms with van der Waals surface area (Å²) in [6, 6.07) is -0.00490. The molecule has 0 bridgehead atoms. The number of ether oxygens (including phenoxy) is 1. The fraction of sp³-hybridized carbons (Fsp3) is 0.867. The van der Waals surface area contributed by atoms with Crippen LogP contribution in [0.4, 0.5) is 4.79 Å². The molecule has 1 aliphatic rings. The van der Waals surface area contributed by atoms with Crippen LogP contribution in [0.2, 0.25) is 0 Å². The van der Waals surface area contributed by atoms with Gasteiger partial charge < -0.3 is 14.5 Å². The SMILES string of the molecule is CC(C)CC(=O)N1CCN(C(=O)OC(C)(C)C)[C@@H](C)C1. The molecule has 116 valence electrons. The molecule has 1 atom stereocenters. The Bertz CT molecular complexity index is 361. The summed E-state index contributed by atoms with van der Waals surface area (Å²) in [6.45, 7) is 13.3. The number of carbonyl (C=O) groups is 2. The van der Waals surface area contributed by atoms with E-state index < -0.39 is 5.60 Å². The monoisotopic (exact) mass is 284 g/mol. The second-order valence-electron chi connectivity index (χ2n) is 6.96. The molecule has 0 saturated carbocycles. The van der Waals surface area contributed by atoms with Crippen molar-refractivity contribution < 1.29 is 14.3 Å². The highest BCUT2D eigenvalue weighted by Crippen LogP contribution is 2.16. The highest BCUT2D eigenvalue weighted by molar-refractivity contribution is 5.77. The summed E-state index contributed by atoms with van der Waals surface area (Å²) in [5.74, 6) is 0.539. The number of nitrogens with zero attached hydrogens (tertiary/aromatic N) is 2. The Balaban J connectivity index is 2.55. The Morgan fingerprint density at radius 3 is 2.30 bits per heavy atom. The first-order chi connectivity index (χ1) is 9.10. The van der Waals surface area contributed by atoms with Gasteiger partial charge in [0.15, 0.2) is 0 Å². The van der Waals surface area contributed by atoms with Gasteiger partial charge in [-0.1, -0.05) is 13.8 Å². The predicted octanol–water partition coefficient (Wildman–Crippen LogP) is 2.50. The molecule has 0 aromatic heterocycles. The Hall–Kier alpha value is -1.26. The Morgan fingerprint density at radius 2 is 1.85 bits per heavy atom. The van der Waals surface area contributed by atoms with E-state index in [0.717, 1.165) is 0 Å². The minimum absolute atomic E-state index is 0.00490. The van der Waals surface area contributed by atoms with E-state index in [1.54, 1.807) is 4.90 Å². The zero-order valence-corrected chi connectivity index (χ0v) is 13.6. The van der Waals surface area contributed by atoms with E-state index in [-0.39, 0.29) is 18.0 Å². The van der Waals surface area contributed by atoms with Crippen LogP contribution >= 0.6 is 0 Å². The lowest BCUT2D eigenvalue weighted by Crippen LogP contribution is -2.56. The van der Waals surface area contributed by atoms with Crippen LogP contribution in [-0.2, 0) is 9.53 Å². The second-order valence-corrected chi connectivity index (χ2v) is 6.96. The Labute approximate surface area is 122 Å². The van der Waals surface area contributed by atoms with Gasteiger partial charge in [-0.25, -0.2) is 4.79 Å². The van der Waals surface area contributed by atoms with Gasteiger partial charge in [0.2, 0.25) is 5.91 Å². The average molecular weight is 284 g/mol. The predicted molar refractivity (Wildman–Crippen MR) is 78.4 cm³/mol. The minimum atomic E-state index is -0.485. The van der Waals surface area contributed by atoms with E-state index in [1.807, 2.05) is 46.4 Å². The molecule has 0 spiro atoms. The van der Waals surface area contributed by atoms with Crippen molar-refractivity contribution in [2.24, 2.45) is 5.92 Å². The lowest BCUT2D eigenvalue weighted by Gasteiger charge is -2.40. The van der Waals surface area contributed by atoms with Crippen LogP contribution in [0, 0.1) is 5.92 Å². The van der Waals surface area contributed by atoms with Crippen molar-refractivity contribution >= 4 is 12.0 Å². The van der Waals surface area contributed by atoms with Crippen molar-refractivity contribution in [2.75, 3.05) is 19.6 Å². The van der Waals surface area contributed by atoms with Crippen LogP contribution in [0.3, 0.4) is 0 Å². The van der Waals surface area contributed by atoms with Crippen LogP contribution < -0.4 is 0 Å². The summed E-state index contributed by atoms with van der Waals surface area (Å²) in [5.41, 5.74) is -0.485. The molecule has 5 heteroatoms. The van der Waals surface area contributed by atoms with E-state index >= 15 is 0 Å². The van der Waals surface area contributed by atoms with Gasteiger partial charge in [0.1, 0.15) is 5.60 Å². The molecular weight excluding hydrogens is 256 g/mol. The Morgan fingerprint density at radius 1 is 1.25 bits per heavy atom. The van der Waals surface area contributed by atoms with Crippen LogP contribution in [0.5, 0.6) is 0 Å². The van der Waals surface area contributed by atoms with Gasteiger partial charge in [-0.15, -0.1) is 0 Å². The molecule has 5 nitrogen and oxygen atoms in total. The topological polar surface area (TPSA) is 49.9 Å². The molecule has 1 aliphatic heterocycles. The van der Waals surface area contributed by atoms with Crippen LogP contribution in [0.15, 0.2) is 0 Å². The summed E-state index contributed by atoms with van der Waals surface area (Å²) < 4.78 is 5.39. The highest BCUT2D eigenvalue weighted by atomic mass is 16.6. The molecule has 1 heterocycles. The number of carbonyl (C=O) groups excluding carboxylic acids is 2. The molecule has 1 saturated heterocycles. The average Bonchev–Trinajstić information content (AvgIpc) is 2.25. The summed E-state index contributed by atoms with van der Waals surface area (Å²) in [6.07, 6.45) is 0.278. The van der Waals surface area contributed by atoms with Crippen LogP contribution in [0.25, 0.3) is 0 Å². The number of rotatable bonds is 2. The third-order valence-corrected chi connectivity index (χ3v) is 3.19. The van der Waals surface area contributed by atoms with Gasteiger partial charge in [-0.3, -0.25) is 4.79 Å². The molecule has 0 unspecified atom stereocenters. The zero-order valence-electron chi connectivity index (χ0n) is 13.6. The maximum atomic E-state index is 12.1. The normalized spacial score (nSPS) is 20.2. The number of hydrogen-bond donors (Lipinski definition) is 0. The molecule has 1 fully saturated rings. The number of piperazine rings is 1. The molecule has 0 N–H and O–H groups in total. The maximum absolute atomic E-state index is 12.1. The van der Waals surface area contributed by atoms with E-state index in [2.05, 4.69) is 0 Å². The van der Waals surface area contributed by atoms with E-state index in [4.69, 9.17) is 4.74 Å². The van der Waals surface area contributed by atoms with Crippen molar-refractivity contribution in [3.05, 3.63) is 0 Å². The fourth-order valence-corrected chi connectivity index (χ4v) is 2.25. The van der Waals surface area contributed by atoms with Gasteiger partial charge in [0, 0.05) is 32.1 Å². The van der Waals surface area contributed by atoms with Gasteiger partial charge in [-0.05, 0) is 33.6 Å². The molecule has 0 radical (unpaired) electrons. The van der Waals surface area contributed by atoms with Crippen molar-refractivity contribution in [3.8, 4) is 0 Å². The third kappa shape index (κ3) is 5.02. The smallest absolute Gasteiger partial charge is 0.410 e. The summed E-state index contributed by atoms with van der Waals surface area (Å²) in [5, 5.41) is 0. The lowest BCUT2D eigenvalue weighted by atomic mass is 10.1. The standard InChI is InChI=1S/C15H28N2O3/c1-11(2)9-13(18)16-7-8-17(12(3)10-16)14(19)20-15(4,5)6/h11-12H,7-10H2,1-6H3/t12-/m0/s1. The highest BCUT2D eigenvalue weighted by Gasteiger charge is 2.32. The van der Waals surface area contributed by atoms with E-state index in [0.29, 0.717) is 32.0 Å². The van der Waals surface area contributed by atoms with Gasteiger partial charge in [-0.2, -0.15) is 0 Å². The second kappa shape index (κ2) is 6.46. The van der Waals surface area contributed by atoms with Gasteiger partial charge >= 0.3 is 6.09 Å². The van der Waals surface area contributed by atoms with Crippen LogP contribution in [-0.4, -0.2) is 53.1 Å². The van der Waals surface area contributed by atoms with Crippen molar-refractivity contribution in [1.29, 1.82) is 0 Å². The van der Waals surface area contributed by atoms with Crippen molar-refractivity contribution in [1.82, 2.24) is 9.80 Å². The molecule has 2 amide bonds. The van der Waals surface area contributed by atoms with Crippen molar-refractivity contribution in [3.63, 3.8) is 0 Å². The zero-order chi connectivity index (χ0) is 15.5. The van der Waals surface area contributed by atoms with Gasteiger partial charge in [0.05, 0.1) is 0 Å². The third-order valence-electron chi connectivity index (χ3n) is 3.19. The lowest BCUT2D eigenvalue weighted by molar-refractivity contribution is -0.134. The van der Waals surface area contributed by atoms with Crippen molar-refractivity contribution in [2.45, 2.75) is 59.6 Å². The molecule has 0 aromatic rings. The van der Waals surface area contributed by atoms with E-state index in [9.17, 15) is 9.59 Å². The summed E-state index contributed by atoms with van der Waals surface area (Å²) in [7, 11) is 0. The largest absolute Gasteiger partial charge is 0.444 e. The minimum Gasteiger partial charge on any atom is -0.444 e. The summed E-state index contributed by atoms with van der Waals surface area (Å²) >= 11 is 0. The first-order valence-electron chi connectivity index (χ1n) is 7.37. The quantitative estimate of drug-likeness (QED) is 0.783. The maximum Gasteiger partial charge on any atom is 0.410 e. The molecular formula is C15H28N2O3. The summed E-state index contributed by atoms with van der Waals surface area (Å²) in [4.78, 5) is 27.7. The molecule has 20 heavy (non-hydrogen) atoms. The van der Waals surface area contributed by atoms with E-state index in [1.165, 1.54) is 0 Å². The number of amides is 2. The van der Waals surface area contributed by atoms with Crippen LogP contribution in [0.1, 0.15) is 48.0 Å². The first kappa shape index (κ1) is 16.8. The molecule has 0 aromatic carbocycles. The molecule has 1 rings (SSSR count). The Kier molecular flexibility index (Phi) is 5.42. The number of hydrogen-bond acceptors (Lipinski definition) is 3. The van der Waals surface area contributed by atoms with Gasteiger partial charge in [0.25, 0.3) is 0 Å². The fourth-order valence-electron chi connectivity index (χ4n) is 2.25.